The summed E-state index contributed by atoms with van der Waals surface area (Å²) in [6, 6.07) is 1.50. The van der Waals surface area contributed by atoms with Gasteiger partial charge in [-0.2, -0.15) is 0 Å². The molecule has 0 bridgehead atoms. The minimum atomic E-state index is -0.414. The van der Waals surface area contributed by atoms with E-state index in [2.05, 4.69) is 15.0 Å². The standard InChI is InChI=1S/C22H28N4O4/c1-13-17(14(2)30-24-13)12-25-5-7-26(8-6-25)21(29)16-9-15-18(23-20(16)28)10-22(3,4)11-19(15)27/h9H,5-8,10-12H2,1-4H3,(H,23,28). The van der Waals surface area contributed by atoms with Crippen LogP contribution in [0, 0.1) is 19.3 Å². The number of Topliss-reactive ketones (excluding diaryl/α,β-unsaturated/α-hetero) is 1. The molecule has 1 amide bonds. The normalized spacial score (nSPS) is 19.1. The van der Waals surface area contributed by atoms with Crippen LogP contribution in [0.5, 0.6) is 0 Å². The number of amides is 1. The van der Waals surface area contributed by atoms with Gasteiger partial charge in [0.05, 0.1) is 5.69 Å². The fraction of sp³-hybridized carbons (Fsp3) is 0.545. The smallest absolute Gasteiger partial charge is 0.261 e. The number of aryl methyl sites for hydroxylation is 2. The second-order valence-corrected chi connectivity index (χ2v) is 9.22. The number of aromatic nitrogens is 2. The van der Waals surface area contributed by atoms with E-state index < -0.39 is 5.56 Å². The zero-order chi connectivity index (χ0) is 21.6. The summed E-state index contributed by atoms with van der Waals surface area (Å²) in [6.07, 6.45) is 1.04. The van der Waals surface area contributed by atoms with E-state index in [1.807, 2.05) is 27.7 Å². The van der Waals surface area contributed by atoms with E-state index in [1.54, 1.807) is 4.90 Å². The molecular weight excluding hydrogens is 384 g/mol. The Morgan fingerprint density at radius 1 is 1.17 bits per heavy atom. The summed E-state index contributed by atoms with van der Waals surface area (Å²) < 4.78 is 5.23. The molecule has 1 N–H and O–H groups in total. The van der Waals surface area contributed by atoms with Crippen molar-refractivity contribution in [3.05, 3.63) is 50.3 Å². The van der Waals surface area contributed by atoms with Crippen LogP contribution < -0.4 is 5.56 Å². The number of rotatable bonds is 3. The van der Waals surface area contributed by atoms with Crippen molar-refractivity contribution in [3.63, 3.8) is 0 Å². The molecule has 3 heterocycles. The number of carbonyl (C=O) groups excluding carboxylic acids is 2. The van der Waals surface area contributed by atoms with E-state index in [0.29, 0.717) is 50.3 Å². The number of aromatic amines is 1. The monoisotopic (exact) mass is 412 g/mol. The molecule has 8 nitrogen and oxygen atoms in total. The number of nitrogens with one attached hydrogen (secondary N) is 1. The van der Waals surface area contributed by atoms with Crippen LogP contribution >= 0.6 is 0 Å². The first-order valence-electron chi connectivity index (χ1n) is 10.4. The molecule has 1 aliphatic heterocycles. The Labute approximate surface area is 175 Å². The van der Waals surface area contributed by atoms with Crippen LogP contribution in [0.25, 0.3) is 0 Å². The summed E-state index contributed by atoms with van der Waals surface area (Å²) in [7, 11) is 0. The molecule has 4 rings (SSSR count). The second-order valence-electron chi connectivity index (χ2n) is 9.22. The molecule has 0 radical (unpaired) electrons. The van der Waals surface area contributed by atoms with E-state index in [1.165, 1.54) is 6.07 Å². The van der Waals surface area contributed by atoms with E-state index in [-0.39, 0.29) is 22.7 Å². The third-order valence-electron chi connectivity index (χ3n) is 6.17. The maximum atomic E-state index is 13.0. The first-order valence-corrected chi connectivity index (χ1v) is 10.4. The van der Waals surface area contributed by atoms with Gasteiger partial charge >= 0.3 is 0 Å². The lowest BCUT2D eigenvalue weighted by molar-refractivity contribution is 0.0625. The van der Waals surface area contributed by atoms with Gasteiger partial charge in [-0.1, -0.05) is 19.0 Å². The maximum Gasteiger partial charge on any atom is 0.261 e. The van der Waals surface area contributed by atoms with Crippen LogP contribution in [0.2, 0.25) is 0 Å². The van der Waals surface area contributed by atoms with Gasteiger partial charge in [0, 0.05) is 56.0 Å². The van der Waals surface area contributed by atoms with Gasteiger partial charge in [0.2, 0.25) is 0 Å². The molecule has 1 fully saturated rings. The van der Waals surface area contributed by atoms with Crippen molar-refractivity contribution < 1.29 is 14.1 Å². The molecule has 0 spiro atoms. The van der Waals surface area contributed by atoms with Crippen LogP contribution in [0.1, 0.15) is 63.7 Å². The molecule has 0 unspecified atom stereocenters. The van der Waals surface area contributed by atoms with Crippen LogP contribution in [0.15, 0.2) is 15.4 Å². The average molecular weight is 412 g/mol. The van der Waals surface area contributed by atoms with Crippen molar-refractivity contribution >= 4 is 11.7 Å². The first kappa shape index (κ1) is 20.5. The second kappa shape index (κ2) is 7.50. The fourth-order valence-electron chi connectivity index (χ4n) is 4.42. The van der Waals surface area contributed by atoms with E-state index >= 15 is 0 Å². The number of pyridine rings is 1. The topological polar surface area (TPSA) is 99.5 Å². The van der Waals surface area contributed by atoms with Crippen molar-refractivity contribution in [3.8, 4) is 0 Å². The molecule has 1 saturated heterocycles. The fourth-order valence-corrected chi connectivity index (χ4v) is 4.42. The van der Waals surface area contributed by atoms with Crippen molar-refractivity contribution in [2.45, 2.75) is 47.1 Å². The number of H-pyrrole nitrogens is 1. The number of hydrogen-bond donors (Lipinski definition) is 1. The molecule has 0 saturated carbocycles. The largest absolute Gasteiger partial charge is 0.361 e. The van der Waals surface area contributed by atoms with Gasteiger partial charge in [0.25, 0.3) is 11.5 Å². The van der Waals surface area contributed by atoms with Crippen LogP contribution in [-0.2, 0) is 13.0 Å². The third kappa shape index (κ3) is 3.84. The lowest BCUT2D eigenvalue weighted by Gasteiger charge is -2.35. The highest BCUT2D eigenvalue weighted by Gasteiger charge is 2.33. The van der Waals surface area contributed by atoms with Gasteiger partial charge in [-0.25, -0.2) is 0 Å². The highest BCUT2D eigenvalue weighted by Crippen LogP contribution is 2.33. The van der Waals surface area contributed by atoms with Crippen LogP contribution in [-0.4, -0.2) is 57.8 Å². The molecule has 2 aliphatic rings. The minimum absolute atomic E-state index is 0.0177. The van der Waals surface area contributed by atoms with Crippen molar-refractivity contribution in [2.24, 2.45) is 5.41 Å². The number of hydrogen-bond acceptors (Lipinski definition) is 6. The van der Waals surface area contributed by atoms with Gasteiger partial charge in [0.15, 0.2) is 5.78 Å². The van der Waals surface area contributed by atoms with Gasteiger partial charge in [-0.15, -0.1) is 0 Å². The molecule has 30 heavy (non-hydrogen) atoms. The predicted molar refractivity (Wildman–Crippen MR) is 111 cm³/mol. The van der Waals surface area contributed by atoms with E-state index in [4.69, 9.17) is 4.52 Å². The molecule has 160 valence electrons. The molecule has 8 heteroatoms. The summed E-state index contributed by atoms with van der Waals surface area (Å²) in [5.41, 5.74) is 2.55. The van der Waals surface area contributed by atoms with Crippen LogP contribution in [0.4, 0.5) is 0 Å². The third-order valence-corrected chi connectivity index (χ3v) is 6.17. The van der Waals surface area contributed by atoms with Crippen molar-refractivity contribution in [1.29, 1.82) is 0 Å². The lowest BCUT2D eigenvalue weighted by Crippen LogP contribution is -2.49. The SMILES string of the molecule is Cc1noc(C)c1CN1CCN(C(=O)c2cc3c([nH]c2=O)CC(C)(C)CC3=O)CC1. The van der Waals surface area contributed by atoms with Crippen LogP contribution in [0.3, 0.4) is 0 Å². The number of piperazine rings is 1. The van der Waals surface area contributed by atoms with Gasteiger partial charge in [-0.3, -0.25) is 19.3 Å². The number of nitrogens with zero attached hydrogens (tertiary/aromatic N) is 3. The highest BCUT2D eigenvalue weighted by atomic mass is 16.5. The molecule has 2 aromatic rings. The summed E-state index contributed by atoms with van der Waals surface area (Å²) in [5.74, 6) is 0.490. The summed E-state index contributed by atoms with van der Waals surface area (Å²) in [5, 5.41) is 3.99. The Hall–Kier alpha value is -2.74. The highest BCUT2D eigenvalue weighted by molar-refractivity contribution is 6.02. The van der Waals surface area contributed by atoms with Crippen molar-refractivity contribution in [2.75, 3.05) is 26.2 Å². The maximum absolute atomic E-state index is 13.0. The number of carbonyl (C=O) groups is 2. The lowest BCUT2D eigenvalue weighted by atomic mass is 9.75. The first-order chi connectivity index (χ1) is 14.1. The number of fused-ring (bicyclic) bond motifs is 1. The number of ketones is 1. The average Bonchev–Trinajstić information content (AvgIpc) is 2.99. The van der Waals surface area contributed by atoms with Gasteiger partial charge < -0.3 is 14.4 Å². The van der Waals surface area contributed by atoms with Gasteiger partial charge in [-0.05, 0) is 31.7 Å². The Morgan fingerprint density at radius 2 is 1.87 bits per heavy atom. The Balaban J connectivity index is 1.47. The quantitative estimate of drug-likeness (QED) is 0.829. The Kier molecular flexibility index (Phi) is 5.13. The molecule has 0 atom stereocenters. The zero-order valence-electron chi connectivity index (χ0n) is 18.0. The van der Waals surface area contributed by atoms with Crippen molar-refractivity contribution in [1.82, 2.24) is 19.9 Å². The molecule has 2 aromatic heterocycles. The zero-order valence-corrected chi connectivity index (χ0v) is 18.0. The molecule has 1 aliphatic carbocycles. The summed E-state index contributed by atoms with van der Waals surface area (Å²) in [6.45, 7) is 11.0. The minimum Gasteiger partial charge on any atom is -0.361 e. The molecule has 0 aromatic carbocycles. The summed E-state index contributed by atoms with van der Waals surface area (Å²) in [4.78, 5) is 44.9. The van der Waals surface area contributed by atoms with Gasteiger partial charge in [0.1, 0.15) is 11.3 Å². The Morgan fingerprint density at radius 3 is 2.50 bits per heavy atom. The van der Waals surface area contributed by atoms with E-state index in [9.17, 15) is 14.4 Å². The predicted octanol–water partition coefficient (Wildman–Crippen LogP) is 2.09. The summed E-state index contributed by atoms with van der Waals surface area (Å²) >= 11 is 0. The Bertz CT molecular complexity index is 1040. The van der Waals surface area contributed by atoms with E-state index in [0.717, 1.165) is 23.6 Å². The molecular formula is C22H28N4O4.